The summed E-state index contributed by atoms with van der Waals surface area (Å²) >= 11 is 5.17. The molecule has 0 aliphatic carbocycles. The number of amides is 1. The summed E-state index contributed by atoms with van der Waals surface area (Å²) in [7, 11) is 4.14. The van der Waals surface area contributed by atoms with E-state index in [1.54, 1.807) is 0 Å². The van der Waals surface area contributed by atoms with Crippen LogP contribution in [0.15, 0.2) is 0 Å². The third kappa shape index (κ3) is 3.26. The van der Waals surface area contributed by atoms with Gasteiger partial charge in [-0.1, -0.05) is 26.1 Å². The molecule has 0 saturated carbocycles. The van der Waals surface area contributed by atoms with Crippen molar-refractivity contribution in [2.45, 2.75) is 45.6 Å². The summed E-state index contributed by atoms with van der Waals surface area (Å²) in [5.74, 6) is 0.122. The van der Waals surface area contributed by atoms with Crippen molar-refractivity contribution in [3.63, 3.8) is 0 Å². The normalized spacial score (nSPS) is 20.7. The average Bonchev–Trinajstić information content (AvgIpc) is 2.40. The molecule has 1 unspecified atom stereocenters. The van der Waals surface area contributed by atoms with Crippen LogP contribution in [0, 0.1) is 5.41 Å². The van der Waals surface area contributed by atoms with Crippen molar-refractivity contribution in [3.05, 3.63) is 0 Å². The van der Waals surface area contributed by atoms with Gasteiger partial charge in [0, 0.05) is 19.1 Å². The number of likely N-dealkylation sites (N-methyl/N-ethyl adjacent to an activating group) is 1. The molecule has 0 bridgehead atoms. The maximum absolute atomic E-state index is 12.8. The zero-order valence-corrected chi connectivity index (χ0v) is 13.4. The molecule has 1 fully saturated rings. The Morgan fingerprint density at radius 2 is 2.00 bits per heavy atom. The maximum Gasteiger partial charge on any atom is 0.235 e. The number of hydrogen-bond acceptors (Lipinski definition) is 3. The lowest BCUT2D eigenvalue weighted by Gasteiger charge is -2.41. The van der Waals surface area contributed by atoms with Crippen molar-refractivity contribution in [2.24, 2.45) is 11.1 Å². The van der Waals surface area contributed by atoms with Crippen LogP contribution in [-0.4, -0.2) is 53.9 Å². The lowest BCUT2D eigenvalue weighted by Crippen LogP contribution is -2.55. The molecule has 0 aromatic heterocycles. The summed E-state index contributed by atoms with van der Waals surface area (Å²) in [4.78, 5) is 17.3. The molecule has 2 N–H and O–H groups in total. The largest absolute Gasteiger partial charge is 0.392 e. The van der Waals surface area contributed by atoms with Gasteiger partial charge in [0.25, 0.3) is 0 Å². The Kier molecular flexibility index (Phi) is 5.74. The molecule has 0 radical (unpaired) electrons. The van der Waals surface area contributed by atoms with E-state index >= 15 is 0 Å². The molecular weight excluding hydrogens is 258 g/mol. The first-order valence-corrected chi connectivity index (χ1v) is 7.55. The fraction of sp³-hybridized carbons (Fsp3) is 0.857. The monoisotopic (exact) mass is 285 g/mol. The lowest BCUT2D eigenvalue weighted by atomic mass is 9.80. The van der Waals surface area contributed by atoms with Crippen molar-refractivity contribution in [3.8, 4) is 0 Å². The first kappa shape index (κ1) is 16.4. The number of carbonyl (C=O) groups is 1. The van der Waals surface area contributed by atoms with E-state index in [0.717, 1.165) is 25.9 Å². The standard InChI is InChI=1S/C14H27N3OS/c1-5-14(6-2,12(15)19)13(18)17-9-7-8-11(10-17)16(3)4/h11H,5-10H2,1-4H3,(H2,15,19). The molecule has 4 nitrogen and oxygen atoms in total. The molecule has 1 atom stereocenters. The third-order valence-electron chi connectivity index (χ3n) is 4.50. The van der Waals surface area contributed by atoms with E-state index in [2.05, 4.69) is 19.0 Å². The van der Waals surface area contributed by atoms with Gasteiger partial charge in [-0.2, -0.15) is 0 Å². The Bertz CT molecular complexity index is 340. The van der Waals surface area contributed by atoms with E-state index < -0.39 is 5.41 Å². The van der Waals surface area contributed by atoms with Gasteiger partial charge in [-0.05, 0) is 39.8 Å². The van der Waals surface area contributed by atoms with Crippen molar-refractivity contribution < 1.29 is 4.79 Å². The summed E-state index contributed by atoms with van der Waals surface area (Å²) in [5, 5.41) is 0. The fourth-order valence-electron chi connectivity index (χ4n) is 2.87. The number of hydrogen-bond donors (Lipinski definition) is 1. The van der Waals surface area contributed by atoms with Crippen molar-refractivity contribution in [1.29, 1.82) is 0 Å². The van der Waals surface area contributed by atoms with Crippen LogP contribution in [0.1, 0.15) is 39.5 Å². The van der Waals surface area contributed by atoms with Crippen molar-refractivity contribution in [1.82, 2.24) is 9.80 Å². The topological polar surface area (TPSA) is 49.6 Å². The molecule has 0 spiro atoms. The first-order valence-electron chi connectivity index (χ1n) is 7.14. The predicted octanol–water partition coefficient (Wildman–Crippen LogP) is 1.63. The average molecular weight is 285 g/mol. The van der Waals surface area contributed by atoms with Gasteiger partial charge in [0.1, 0.15) is 0 Å². The zero-order valence-electron chi connectivity index (χ0n) is 12.6. The van der Waals surface area contributed by atoms with Crippen LogP contribution in [0.2, 0.25) is 0 Å². The molecule has 1 saturated heterocycles. The Morgan fingerprint density at radius 3 is 2.42 bits per heavy atom. The van der Waals surface area contributed by atoms with Crippen LogP contribution >= 0.6 is 12.2 Å². The van der Waals surface area contributed by atoms with Gasteiger partial charge >= 0.3 is 0 Å². The molecule has 1 aliphatic rings. The van der Waals surface area contributed by atoms with E-state index in [0.29, 0.717) is 23.9 Å². The van der Waals surface area contributed by atoms with Gasteiger partial charge in [-0.25, -0.2) is 0 Å². The first-order chi connectivity index (χ1) is 8.89. The number of nitrogens with two attached hydrogens (primary N) is 1. The van der Waals surface area contributed by atoms with Gasteiger partial charge in [0.05, 0.1) is 10.4 Å². The Morgan fingerprint density at radius 1 is 1.42 bits per heavy atom. The number of rotatable bonds is 5. The highest BCUT2D eigenvalue weighted by atomic mass is 32.1. The van der Waals surface area contributed by atoms with E-state index in [9.17, 15) is 4.79 Å². The number of piperidine rings is 1. The Balaban J connectivity index is 2.88. The third-order valence-corrected chi connectivity index (χ3v) is 4.89. The highest BCUT2D eigenvalue weighted by molar-refractivity contribution is 7.80. The highest BCUT2D eigenvalue weighted by Gasteiger charge is 2.42. The van der Waals surface area contributed by atoms with E-state index in [1.807, 2.05) is 18.7 Å². The van der Waals surface area contributed by atoms with Crippen molar-refractivity contribution in [2.75, 3.05) is 27.2 Å². The molecule has 5 heteroatoms. The predicted molar refractivity (Wildman–Crippen MR) is 83.1 cm³/mol. The zero-order chi connectivity index (χ0) is 14.6. The Hall–Kier alpha value is -0.680. The lowest BCUT2D eigenvalue weighted by molar-refractivity contribution is -0.140. The van der Waals surface area contributed by atoms with Gasteiger partial charge in [-0.3, -0.25) is 4.79 Å². The number of thiocarbonyl (C=S) groups is 1. The number of nitrogens with zero attached hydrogens (tertiary/aromatic N) is 2. The van der Waals surface area contributed by atoms with Crippen LogP contribution in [0.4, 0.5) is 0 Å². The SMILES string of the molecule is CCC(CC)(C(=O)N1CCCC(N(C)C)C1)C(N)=S. The molecule has 110 valence electrons. The molecule has 1 rings (SSSR count). The number of likely N-dealkylation sites (tertiary alicyclic amines) is 1. The molecule has 1 aliphatic heterocycles. The van der Waals surface area contributed by atoms with Crippen LogP contribution < -0.4 is 5.73 Å². The second kappa shape index (κ2) is 6.66. The quantitative estimate of drug-likeness (QED) is 0.780. The fourth-order valence-corrected chi connectivity index (χ4v) is 3.25. The minimum Gasteiger partial charge on any atom is -0.392 e. The second-order valence-corrected chi connectivity index (χ2v) is 6.10. The molecule has 1 heterocycles. The van der Waals surface area contributed by atoms with Crippen molar-refractivity contribution >= 4 is 23.1 Å². The summed E-state index contributed by atoms with van der Waals surface area (Å²) in [6.07, 6.45) is 3.56. The summed E-state index contributed by atoms with van der Waals surface area (Å²) < 4.78 is 0. The summed E-state index contributed by atoms with van der Waals surface area (Å²) in [6, 6.07) is 0.440. The Labute approximate surface area is 122 Å². The van der Waals surface area contributed by atoms with Crippen LogP contribution in [0.3, 0.4) is 0 Å². The minimum absolute atomic E-state index is 0.122. The van der Waals surface area contributed by atoms with Crippen LogP contribution in [-0.2, 0) is 4.79 Å². The van der Waals surface area contributed by atoms with Gasteiger partial charge < -0.3 is 15.5 Å². The van der Waals surface area contributed by atoms with Crippen LogP contribution in [0.25, 0.3) is 0 Å². The molecule has 1 amide bonds. The van der Waals surface area contributed by atoms with E-state index in [1.165, 1.54) is 0 Å². The number of carbonyl (C=O) groups excluding carboxylic acids is 1. The second-order valence-electron chi connectivity index (χ2n) is 5.66. The molecular formula is C14H27N3OS. The van der Waals surface area contributed by atoms with Crippen LogP contribution in [0.5, 0.6) is 0 Å². The highest BCUT2D eigenvalue weighted by Crippen LogP contribution is 2.31. The van der Waals surface area contributed by atoms with E-state index in [4.69, 9.17) is 18.0 Å². The van der Waals surface area contributed by atoms with E-state index in [-0.39, 0.29) is 5.91 Å². The van der Waals surface area contributed by atoms with Gasteiger partial charge in [0.15, 0.2) is 0 Å². The minimum atomic E-state index is -0.649. The smallest absolute Gasteiger partial charge is 0.235 e. The maximum atomic E-state index is 12.8. The van der Waals surface area contributed by atoms with Gasteiger partial charge in [0.2, 0.25) is 5.91 Å². The van der Waals surface area contributed by atoms with Gasteiger partial charge in [-0.15, -0.1) is 0 Å². The molecule has 0 aromatic rings. The molecule has 0 aromatic carbocycles. The molecule has 19 heavy (non-hydrogen) atoms. The summed E-state index contributed by atoms with van der Waals surface area (Å²) in [6.45, 7) is 5.60. The summed E-state index contributed by atoms with van der Waals surface area (Å²) in [5.41, 5.74) is 5.22.